The van der Waals surface area contributed by atoms with Gasteiger partial charge in [0.25, 0.3) is 5.91 Å². The molecule has 5 heteroatoms. The van der Waals surface area contributed by atoms with Crippen LogP contribution in [0.3, 0.4) is 0 Å². The van der Waals surface area contributed by atoms with Gasteiger partial charge in [0.2, 0.25) is 0 Å². The molecule has 0 aliphatic heterocycles. The van der Waals surface area contributed by atoms with Gasteiger partial charge in [0.05, 0.1) is 6.21 Å². The lowest BCUT2D eigenvalue weighted by Gasteiger charge is -2.09. The molecule has 130 valence electrons. The summed E-state index contributed by atoms with van der Waals surface area (Å²) in [6.45, 7) is 0.438. The second-order valence-corrected chi connectivity index (χ2v) is 5.52. The van der Waals surface area contributed by atoms with Gasteiger partial charge in [-0.3, -0.25) is 4.79 Å². The zero-order chi connectivity index (χ0) is 18.2. The van der Waals surface area contributed by atoms with Crippen molar-refractivity contribution in [2.24, 2.45) is 5.10 Å². The summed E-state index contributed by atoms with van der Waals surface area (Å²) in [4.78, 5) is 12.0. The topological polar surface area (TPSA) is 50.7 Å². The minimum atomic E-state index is -0.413. The number of rotatable bonds is 6. The van der Waals surface area contributed by atoms with Crippen LogP contribution >= 0.6 is 0 Å². The maximum atomic E-state index is 12.9. The Bertz CT molecular complexity index is 893. The van der Waals surface area contributed by atoms with Crippen LogP contribution in [0.2, 0.25) is 0 Å². The Balaban J connectivity index is 1.63. The fourth-order valence-electron chi connectivity index (χ4n) is 2.28. The quantitative estimate of drug-likeness (QED) is 0.537. The Morgan fingerprint density at radius 1 is 0.962 bits per heavy atom. The third kappa shape index (κ3) is 4.77. The third-order valence-corrected chi connectivity index (χ3v) is 3.63. The van der Waals surface area contributed by atoms with Crippen LogP contribution in [0.4, 0.5) is 4.39 Å². The van der Waals surface area contributed by atoms with E-state index in [0.29, 0.717) is 17.9 Å². The first-order valence-corrected chi connectivity index (χ1v) is 8.07. The molecule has 0 radical (unpaired) electrons. The molecule has 0 aliphatic carbocycles. The molecule has 26 heavy (non-hydrogen) atoms. The smallest absolute Gasteiger partial charge is 0.271 e. The summed E-state index contributed by atoms with van der Waals surface area (Å²) < 4.78 is 18.7. The molecule has 0 aliphatic rings. The first-order valence-electron chi connectivity index (χ1n) is 8.07. The van der Waals surface area contributed by atoms with Gasteiger partial charge in [-0.05, 0) is 42.0 Å². The van der Waals surface area contributed by atoms with Crippen molar-refractivity contribution in [3.63, 3.8) is 0 Å². The Labute approximate surface area is 150 Å². The molecular weight excluding hydrogens is 331 g/mol. The van der Waals surface area contributed by atoms with Crippen molar-refractivity contribution in [2.75, 3.05) is 0 Å². The van der Waals surface area contributed by atoms with E-state index in [-0.39, 0.29) is 0 Å². The van der Waals surface area contributed by atoms with Crippen LogP contribution in [-0.4, -0.2) is 12.1 Å². The van der Waals surface area contributed by atoms with Gasteiger partial charge in [-0.25, -0.2) is 9.82 Å². The SMILES string of the molecule is O=C(NN=Cc1ccccc1OCc1ccccc1)c1ccc(F)cc1. The van der Waals surface area contributed by atoms with E-state index in [1.807, 2.05) is 54.6 Å². The molecule has 1 amide bonds. The van der Waals surface area contributed by atoms with Crippen molar-refractivity contribution < 1.29 is 13.9 Å². The second kappa shape index (κ2) is 8.58. The van der Waals surface area contributed by atoms with Crippen molar-refractivity contribution in [1.82, 2.24) is 5.43 Å². The summed E-state index contributed by atoms with van der Waals surface area (Å²) >= 11 is 0. The lowest BCUT2D eigenvalue weighted by Crippen LogP contribution is -2.17. The van der Waals surface area contributed by atoms with Crippen molar-refractivity contribution in [3.05, 3.63) is 101 Å². The predicted octanol–water partition coefficient (Wildman–Crippen LogP) is 4.17. The minimum Gasteiger partial charge on any atom is -0.488 e. The predicted molar refractivity (Wildman–Crippen MR) is 98.7 cm³/mol. The van der Waals surface area contributed by atoms with Gasteiger partial charge in [-0.1, -0.05) is 42.5 Å². The lowest BCUT2D eigenvalue weighted by molar-refractivity contribution is 0.0955. The molecule has 0 bridgehead atoms. The summed E-state index contributed by atoms with van der Waals surface area (Å²) in [6.07, 6.45) is 1.52. The van der Waals surface area contributed by atoms with Crippen molar-refractivity contribution >= 4 is 12.1 Å². The summed E-state index contributed by atoms with van der Waals surface area (Å²) in [7, 11) is 0. The Kier molecular flexibility index (Phi) is 5.72. The number of benzene rings is 3. The van der Waals surface area contributed by atoms with Gasteiger partial charge in [0.15, 0.2) is 0 Å². The Morgan fingerprint density at radius 3 is 2.42 bits per heavy atom. The van der Waals surface area contributed by atoms with Crippen LogP contribution in [0.1, 0.15) is 21.5 Å². The number of ether oxygens (including phenoxy) is 1. The Hall–Kier alpha value is -3.47. The van der Waals surface area contributed by atoms with Gasteiger partial charge in [0, 0.05) is 11.1 Å². The number of carbonyl (C=O) groups excluding carboxylic acids is 1. The van der Waals surface area contributed by atoms with Crippen LogP contribution in [-0.2, 0) is 6.61 Å². The number of hydrogen-bond acceptors (Lipinski definition) is 3. The van der Waals surface area contributed by atoms with Crippen LogP contribution in [0.15, 0.2) is 84.0 Å². The van der Waals surface area contributed by atoms with Gasteiger partial charge in [-0.15, -0.1) is 0 Å². The average Bonchev–Trinajstić information content (AvgIpc) is 2.68. The zero-order valence-corrected chi connectivity index (χ0v) is 13.9. The molecule has 4 nitrogen and oxygen atoms in total. The summed E-state index contributed by atoms with van der Waals surface area (Å²) in [5.74, 6) is -0.144. The molecule has 0 heterocycles. The van der Waals surface area contributed by atoms with Gasteiger partial charge < -0.3 is 4.74 Å². The van der Waals surface area contributed by atoms with E-state index in [2.05, 4.69) is 10.5 Å². The number of para-hydroxylation sites is 1. The van der Waals surface area contributed by atoms with E-state index in [4.69, 9.17) is 4.74 Å². The molecule has 0 atom stereocenters. The van der Waals surface area contributed by atoms with E-state index in [1.165, 1.54) is 30.5 Å². The summed E-state index contributed by atoms with van der Waals surface area (Å²) in [6, 6.07) is 22.5. The monoisotopic (exact) mass is 348 g/mol. The van der Waals surface area contributed by atoms with E-state index >= 15 is 0 Å². The first kappa shape index (κ1) is 17.4. The standard InChI is InChI=1S/C21H17FN2O2/c22-19-12-10-17(11-13-19)21(25)24-23-14-18-8-4-5-9-20(18)26-15-16-6-2-1-3-7-16/h1-14H,15H2,(H,24,25). The molecule has 0 aromatic heterocycles. The summed E-state index contributed by atoms with van der Waals surface area (Å²) in [5, 5.41) is 3.96. The first-order chi connectivity index (χ1) is 12.7. The number of nitrogens with zero attached hydrogens (tertiary/aromatic N) is 1. The maximum Gasteiger partial charge on any atom is 0.271 e. The van der Waals surface area contributed by atoms with Crippen LogP contribution in [0.25, 0.3) is 0 Å². The van der Waals surface area contributed by atoms with Crippen LogP contribution < -0.4 is 10.2 Å². The second-order valence-electron chi connectivity index (χ2n) is 5.52. The highest BCUT2D eigenvalue weighted by Crippen LogP contribution is 2.17. The molecule has 1 N–H and O–H groups in total. The zero-order valence-electron chi connectivity index (χ0n) is 13.9. The molecule has 0 unspecified atom stereocenters. The van der Waals surface area contributed by atoms with Crippen LogP contribution in [0.5, 0.6) is 5.75 Å². The highest BCUT2D eigenvalue weighted by atomic mass is 19.1. The number of hydrogen-bond donors (Lipinski definition) is 1. The number of nitrogens with one attached hydrogen (secondary N) is 1. The number of halogens is 1. The molecular formula is C21H17FN2O2. The van der Waals surface area contributed by atoms with Crippen LogP contribution in [0, 0.1) is 5.82 Å². The van der Waals surface area contributed by atoms with Gasteiger partial charge in [-0.2, -0.15) is 5.10 Å². The molecule has 3 aromatic rings. The van der Waals surface area contributed by atoms with Crippen molar-refractivity contribution in [1.29, 1.82) is 0 Å². The molecule has 3 rings (SSSR count). The highest BCUT2D eigenvalue weighted by Gasteiger charge is 2.05. The highest BCUT2D eigenvalue weighted by molar-refractivity contribution is 5.95. The summed E-state index contributed by atoms with van der Waals surface area (Å²) in [5.41, 5.74) is 4.55. The molecule has 0 saturated carbocycles. The third-order valence-electron chi connectivity index (χ3n) is 3.63. The van der Waals surface area contributed by atoms with Crippen molar-refractivity contribution in [3.8, 4) is 5.75 Å². The van der Waals surface area contributed by atoms with E-state index in [0.717, 1.165) is 11.1 Å². The lowest BCUT2D eigenvalue weighted by atomic mass is 10.2. The Morgan fingerprint density at radius 2 is 1.65 bits per heavy atom. The minimum absolute atomic E-state index is 0.331. The van der Waals surface area contributed by atoms with E-state index in [1.54, 1.807) is 0 Å². The van der Waals surface area contributed by atoms with E-state index in [9.17, 15) is 9.18 Å². The number of hydrazone groups is 1. The van der Waals surface area contributed by atoms with Gasteiger partial charge in [0.1, 0.15) is 18.2 Å². The average molecular weight is 348 g/mol. The maximum absolute atomic E-state index is 12.9. The molecule has 0 saturated heterocycles. The van der Waals surface area contributed by atoms with Crippen molar-refractivity contribution in [2.45, 2.75) is 6.61 Å². The molecule has 0 fully saturated rings. The fourth-order valence-corrected chi connectivity index (χ4v) is 2.28. The molecule has 3 aromatic carbocycles. The number of carbonyl (C=O) groups is 1. The van der Waals surface area contributed by atoms with E-state index < -0.39 is 11.7 Å². The number of amides is 1. The molecule has 0 spiro atoms. The van der Waals surface area contributed by atoms with Gasteiger partial charge >= 0.3 is 0 Å². The largest absolute Gasteiger partial charge is 0.488 e. The normalized spacial score (nSPS) is 10.7. The fraction of sp³-hybridized carbons (Fsp3) is 0.0476.